The van der Waals surface area contributed by atoms with Crippen LogP contribution in [0.4, 0.5) is 4.39 Å². The van der Waals surface area contributed by atoms with Crippen LogP contribution >= 0.6 is 15.9 Å². The molecular formula is C16H17BrFN. The number of benzene rings is 2. The number of rotatable bonds is 4. The van der Waals surface area contributed by atoms with E-state index in [2.05, 4.69) is 59.4 Å². The number of nitrogens with one attached hydrogen (secondary N) is 1. The van der Waals surface area contributed by atoms with Gasteiger partial charge in [0.05, 0.1) is 4.47 Å². The van der Waals surface area contributed by atoms with Gasteiger partial charge in [-0.25, -0.2) is 4.39 Å². The summed E-state index contributed by atoms with van der Waals surface area (Å²) >= 11 is 3.22. The standard InChI is InChI=1S/C16H17BrFN/c1-11-4-3-5-13(8-11)10-19-12(2)14-6-7-16(18)15(17)9-14/h3-9,12,19H,10H2,1-2H3. The zero-order valence-electron chi connectivity index (χ0n) is 11.1. The smallest absolute Gasteiger partial charge is 0.137 e. The Morgan fingerprint density at radius 3 is 2.68 bits per heavy atom. The predicted molar refractivity (Wildman–Crippen MR) is 80.5 cm³/mol. The van der Waals surface area contributed by atoms with Crippen molar-refractivity contribution in [3.63, 3.8) is 0 Å². The Labute approximate surface area is 122 Å². The monoisotopic (exact) mass is 321 g/mol. The van der Waals surface area contributed by atoms with Crippen LogP contribution in [0.2, 0.25) is 0 Å². The molecule has 0 saturated carbocycles. The van der Waals surface area contributed by atoms with Crippen LogP contribution in [0.25, 0.3) is 0 Å². The van der Waals surface area contributed by atoms with Gasteiger partial charge in [-0.2, -0.15) is 0 Å². The van der Waals surface area contributed by atoms with Crippen LogP contribution in [0.1, 0.15) is 29.7 Å². The van der Waals surface area contributed by atoms with Crippen molar-refractivity contribution in [2.24, 2.45) is 0 Å². The molecule has 0 radical (unpaired) electrons. The number of aryl methyl sites for hydroxylation is 1. The topological polar surface area (TPSA) is 12.0 Å². The summed E-state index contributed by atoms with van der Waals surface area (Å²) in [5.74, 6) is -0.227. The molecule has 1 N–H and O–H groups in total. The summed E-state index contributed by atoms with van der Waals surface area (Å²) in [7, 11) is 0. The molecule has 3 heteroatoms. The molecule has 2 rings (SSSR count). The highest BCUT2D eigenvalue weighted by atomic mass is 79.9. The van der Waals surface area contributed by atoms with Crippen LogP contribution in [0, 0.1) is 12.7 Å². The highest BCUT2D eigenvalue weighted by Gasteiger charge is 2.07. The van der Waals surface area contributed by atoms with Crippen LogP contribution in [-0.4, -0.2) is 0 Å². The Kier molecular flexibility index (Phi) is 4.72. The third-order valence-corrected chi connectivity index (χ3v) is 3.75. The molecule has 2 aromatic rings. The molecule has 1 atom stereocenters. The fourth-order valence-corrected chi connectivity index (χ4v) is 2.39. The second-order valence-electron chi connectivity index (χ2n) is 4.77. The van der Waals surface area contributed by atoms with Gasteiger partial charge in [-0.3, -0.25) is 0 Å². The maximum absolute atomic E-state index is 13.2. The summed E-state index contributed by atoms with van der Waals surface area (Å²) < 4.78 is 13.7. The van der Waals surface area contributed by atoms with Gasteiger partial charge in [0.25, 0.3) is 0 Å². The van der Waals surface area contributed by atoms with Crippen molar-refractivity contribution in [3.05, 3.63) is 69.4 Å². The van der Waals surface area contributed by atoms with Crippen LogP contribution in [0.5, 0.6) is 0 Å². The van der Waals surface area contributed by atoms with Crippen LogP contribution in [0.3, 0.4) is 0 Å². The van der Waals surface area contributed by atoms with Crippen molar-refractivity contribution in [1.29, 1.82) is 0 Å². The summed E-state index contributed by atoms with van der Waals surface area (Å²) in [6.45, 7) is 4.97. The highest BCUT2D eigenvalue weighted by Crippen LogP contribution is 2.21. The van der Waals surface area contributed by atoms with Crippen molar-refractivity contribution in [2.75, 3.05) is 0 Å². The first kappa shape index (κ1) is 14.2. The molecular weight excluding hydrogens is 305 g/mol. The van der Waals surface area contributed by atoms with Gasteiger partial charge in [0, 0.05) is 12.6 Å². The molecule has 0 aromatic heterocycles. The van der Waals surface area contributed by atoms with Crippen molar-refractivity contribution >= 4 is 15.9 Å². The van der Waals surface area contributed by atoms with Crippen molar-refractivity contribution in [3.8, 4) is 0 Å². The van der Waals surface area contributed by atoms with Gasteiger partial charge in [0.15, 0.2) is 0 Å². The first-order valence-electron chi connectivity index (χ1n) is 6.30. The lowest BCUT2D eigenvalue weighted by Gasteiger charge is -2.15. The quantitative estimate of drug-likeness (QED) is 0.857. The minimum Gasteiger partial charge on any atom is -0.306 e. The molecule has 19 heavy (non-hydrogen) atoms. The van der Waals surface area contributed by atoms with Crippen molar-refractivity contribution in [2.45, 2.75) is 26.4 Å². The SMILES string of the molecule is Cc1cccc(CNC(C)c2ccc(F)c(Br)c2)c1. The third kappa shape index (κ3) is 3.88. The molecule has 0 saturated heterocycles. The van der Waals surface area contributed by atoms with E-state index in [9.17, 15) is 4.39 Å². The molecule has 100 valence electrons. The van der Waals surface area contributed by atoms with Crippen LogP contribution in [-0.2, 0) is 6.54 Å². The van der Waals surface area contributed by atoms with E-state index in [1.807, 2.05) is 12.1 Å². The van der Waals surface area contributed by atoms with E-state index in [4.69, 9.17) is 0 Å². The Balaban J connectivity index is 2.01. The molecule has 0 bridgehead atoms. The molecule has 2 aromatic carbocycles. The van der Waals surface area contributed by atoms with Gasteiger partial charge in [0.2, 0.25) is 0 Å². The average molecular weight is 322 g/mol. The molecule has 0 heterocycles. The van der Waals surface area contributed by atoms with E-state index in [1.54, 1.807) is 0 Å². The molecule has 0 amide bonds. The second-order valence-corrected chi connectivity index (χ2v) is 5.62. The number of hydrogen-bond acceptors (Lipinski definition) is 1. The second kappa shape index (κ2) is 6.31. The average Bonchev–Trinajstić information content (AvgIpc) is 2.39. The maximum atomic E-state index is 13.2. The van der Waals surface area contributed by atoms with Gasteiger partial charge < -0.3 is 5.32 Å². The number of hydrogen-bond donors (Lipinski definition) is 1. The fraction of sp³-hybridized carbons (Fsp3) is 0.250. The molecule has 0 aliphatic rings. The lowest BCUT2D eigenvalue weighted by atomic mass is 10.1. The van der Waals surface area contributed by atoms with E-state index in [-0.39, 0.29) is 11.9 Å². The molecule has 0 aliphatic heterocycles. The number of halogens is 2. The van der Waals surface area contributed by atoms with Gasteiger partial charge in [-0.1, -0.05) is 35.9 Å². The molecule has 0 fully saturated rings. The summed E-state index contributed by atoms with van der Waals surface area (Å²) in [6, 6.07) is 13.7. The van der Waals surface area contributed by atoms with E-state index in [0.717, 1.165) is 12.1 Å². The first-order chi connectivity index (χ1) is 9.06. The summed E-state index contributed by atoms with van der Waals surface area (Å²) in [5, 5.41) is 3.45. The molecule has 1 unspecified atom stereocenters. The summed E-state index contributed by atoms with van der Waals surface area (Å²) in [4.78, 5) is 0. The minimum absolute atomic E-state index is 0.178. The molecule has 0 spiro atoms. The zero-order valence-corrected chi connectivity index (χ0v) is 12.7. The van der Waals surface area contributed by atoms with Crippen LogP contribution in [0.15, 0.2) is 46.9 Å². The van der Waals surface area contributed by atoms with E-state index >= 15 is 0 Å². The van der Waals surface area contributed by atoms with Gasteiger partial charge in [-0.15, -0.1) is 0 Å². The van der Waals surface area contributed by atoms with E-state index < -0.39 is 0 Å². The third-order valence-electron chi connectivity index (χ3n) is 3.14. The Hall–Kier alpha value is -1.19. The Bertz CT molecular complexity index is 568. The van der Waals surface area contributed by atoms with E-state index in [0.29, 0.717) is 4.47 Å². The predicted octanol–water partition coefficient (Wildman–Crippen LogP) is 4.75. The van der Waals surface area contributed by atoms with Gasteiger partial charge in [-0.05, 0) is 53.0 Å². The maximum Gasteiger partial charge on any atom is 0.137 e. The lowest BCUT2D eigenvalue weighted by Crippen LogP contribution is -2.18. The largest absolute Gasteiger partial charge is 0.306 e. The van der Waals surface area contributed by atoms with Gasteiger partial charge >= 0.3 is 0 Å². The fourth-order valence-electron chi connectivity index (χ4n) is 1.99. The molecule has 0 aliphatic carbocycles. The van der Waals surface area contributed by atoms with E-state index in [1.165, 1.54) is 17.2 Å². The summed E-state index contributed by atoms with van der Waals surface area (Å²) in [6.07, 6.45) is 0. The minimum atomic E-state index is -0.227. The zero-order chi connectivity index (χ0) is 13.8. The Morgan fingerprint density at radius 1 is 1.21 bits per heavy atom. The van der Waals surface area contributed by atoms with Gasteiger partial charge in [0.1, 0.15) is 5.82 Å². The molecule has 1 nitrogen and oxygen atoms in total. The first-order valence-corrected chi connectivity index (χ1v) is 7.09. The van der Waals surface area contributed by atoms with Crippen LogP contribution < -0.4 is 5.32 Å². The normalized spacial score (nSPS) is 12.4. The Morgan fingerprint density at radius 2 is 2.00 bits per heavy atom. The highest BCUT2D eigenvalue weighted by molar-refractivity contribution is 9.10. The van der Waals surface area contributed by atoms with Crippen molar-refractivity contribution < 1.29 is 4.39 Å². The summed E-state index contributed by atoms with van der Waals surface area (Å²) in [5.41, 5.74) is 3.59. The van der Waals surface area contributed by atoms with Crippen molar-refractivity contribution in [1.82, 2.24) is 5.32 Å². The lowest BCUT2D eigenvalue weighted by molar-refractivity contribution is 0.569.